The third kappa shape index (κ3) is 4.74. The number of carbonyl (C=O) groups excluding carboxylic acids is 2. The normalized spacial score (nSPS) is 15.4. The molecule has 0 saturated carbocycles. The quantitative estimate of drug-likeness (QED) is 0.885. The number of carbonyl (C=O) groups is 2. The van der Waals surface area contributed by atoms with E-state index in [4.69, 9.17) is 4.74 Å². The van der Waals surface area contributed by atoms with Gasteiger partial charge in [-0.3, -0.25) is 9.59 Å². The Morgan fingerprint density at radius 2 is 1.63 bits per heavy atom. The third-order valence-corrected chi connectivity index (χ3v) is 4.77. The molecule has 1 aliphatic heterocycles. The maximum atomic E-state index is 12.9. The summed E-state index contributed by atoms with van der Waals surface area (Å²) in [6, 6.07) is 16.9. The Morgan fingerprint density at radius 1 is 0.963 bits per heavy atom. The van der Waals surface area contributed by atoms with Gasteiger partial charge in [0.25, 0.3) is 5.91 Å². The number of nitrogens with zero attached hydrogens (tertiary/aromatic N) is 1. The predicted octanol–water partition coefficient (Wildman–Crippen LogP) is 2.97. The lowest BCUT2D eigenvalue weighted by Crippen LogP contribution is -2.53. The fourth-order valence-corrected chi connectivity index (χ4v) is 3.19. The minimum atomic E-state index is -0.545. The van der Waals surface area contributed by atoms with Crippen molar-refractivity contribution in [3.63, 3.8) is 0 Å². The van der Waals surface area contributed by atoms with Gasteiger partial charge in [-0.1, -0.05) is 56.3 Å². The highest BCUT2D eigenvalue weighted by atomic mass is 16.5. The topological polar surface area (TPSA) is 58.6 Å². The molecule has 1 saturated heterocycles. The summed E-state index contributed by atoms with van der Waals surface area (Å²) in [5, 5.41) is 2.94. The van der Waals surface area contributed by atoms with Crippen molar-refractivity contribution in [2.45, 2.75) is 19.9 Å². The lowest BCUT2D eigenvalue weighted by atomic mass is 10.0. The summed E-state index contributed by atoms with van der Waals surface area (Å²) in [6.07, 6.45) is 0. The molecule has 2 aromatic carbocycles. The standard InChI is InChI=1S/C22H26N2O3/c1-16(2)20(22(26)24-11-13-27-14-12-24)23-21(25)19-10-6-9-18(15-19)17-7-4-3-5-8-17/h3-10,15-16,20H,11-14H2,1-2H3,(H,23,25)/t20-/m1/s1. The lowest BCUT2D eigenvalue weighted by molar-refractivity contribution is -0.138. The molecule has 1 N–H and O–H groups in total. The Hall–Kier alpha value is -2.66. The Balaban J connectivity index is 1.75. The maximum Gasteiger partial charge on any atom is 0.251 e. The fraction of sp³-hybridized carbons (Fsp3) is 0.364. The number of rotatable bonds is 5. The zero-order valence-electron chi connectivity index (χ0n) is 15.9. The van der Waals surface area contributed by atoms with E-state index in [1.54, 1.807) is 11.0 Å². The molecule has 1 atom stereocenters. The van der Waals surface area contributed by atoms with Crippen LogP contribution in [0.15, 0.2) is 54.6 Å². The lowest BCUT2D eigenvalue weighted by Gasteiger charge is -2.32. The molecule has 142 valence electrons. The Kier molecular flexibility index (Phi) is 6.24. The van der Waals surface area contributed by atoms with Crippen LogP contribution >= 0.6 is 0 Å². The van der Waals surface area contributed by atoms with Crippen LogP contribution in [0, 0.1) is 5.92 Å². The molecule has 0 unspecified atom stereocenters. The molecule has 5 nitrogen and oxygen atoms in total. The zero-order chi connectivity index (χ0) is 19.2. The molecule has 0 bridgehead atoms. The first-order valence-corrected chi connectivity index (χ1v) is 9.39. The highest BCUT2D eigenvalue weighted by Crippen LogP contribution is 2.20. The van der Waals surface area contributed by atoms with E-state index in [-0.39, 0.29) is 17.7 Å². The first kappa shape index (κ1) is 19.1. The number of benzene rings is 2. The maximum absolute atomic E-state index is 12.9. The van der Waals surface area contributed by atoms with Gasteiger partial charge in [-0.05, 0) is 29.2 Å². The van der Waals surface area contributed by atoms with Crippen molar-refractivity contribution in [3.8, 4) is 11.1 Å². The van der Waals surface area contributed by atoms with Crippen LogP contribution < -0.4 is 5.32 Å². The van der Waals surface area contributed by atoms with E-state index in [1.165, 1.54) is 0 Å². The van der Waals surface area contributed by atoms with Crippen LogP contribution in [0.1, 0.15) is 24.2 Å². The molecule has 1 aliphatic rings. The van der Waals surface area contributed by atoms with Crippen molar-refractivity contribution in [2.75, 3.05) is 26.3 Å². The van der Waals surface area contributed by atoms with Gasteiger partial charge >= 0.3 is 0 Å². The van der Waals surface area contributed by atoms with E-state index in [0.717, 1.165) is 11.1 Å². The summed E-state index contributed by atoms with van der Waals surface area (Å²) in [5.41, 5.74) is 2.58. The minimum absolute atomic E-state index is 0.00148. The van der Waals surface area contributed by atoms with E-state index in [9.17, 15) is 9.59 Å². The molecule has 2 aromatic rings. The van der Waals surface area contributed by atoms with E-state index in [1.807, 2.05) is 62.4 Å². The van der Waals surface area contributed by atoms with Crippen molar-refractivity contribution >= 4 is 11.8 Å². The molecule has 3 rings (SSSR count). The van der Waals surface area contributed by atoms with Gasteiger partial charge in [0, 0.05) is 18.7 Å². The van der Waals surface area contributed by atoms with Gasteiger partial charge < -0.3 is 15.0 Å². The largest absolute Gasteiger partial charge is 0.378 e. The van der Waals surface area contributed by atoms with E-state index < -0.39 is 6.04 Å². The van der Waals surface area contributed by atoms with Gasteiger partial charge in [0.1, 0.15) is 6.04 Å². The number of hydrogen-bond acceptors (Lipinski definition) is 3. The van der Waals surface area contributed by atoms with E-state index >= 15 is 0 Å². The van der Waals surface area contributed by atoms with Gasteiger partial charge in [0.05, 0.1) is 13.2 Å². The summed E-state index contributed by atoms with van der Waals surface area (Å²) < 4.78 is 5.31. The van der Waals surface area contributed by atoms with Crippen molar-refractivity contribution in [2.24, 2.45) is 5.92 Å². The summed E-state index contributed by atoms with van der Waals surface area (Å²) in [5.74, 6) is -0.268. The van der Waals surface area contributed by atoms with Gasteiger partial charge in [-0.25, -0.2) is 0 Å². The van der Waals surface area contributed by atoms with Crippen LogP contribution in [-0.4, -0.2) is 49.1 Å². The second-order valence-electron chi connectivity index (χ2n) is 7.08. The highest BCUT2D eigenvalue weighted by molar-refractivity contribution is 5.98. The first-order chi connectivity index (χ1) is 13.1. The van der Waals surface area contributed by atoms with E-state index in [0.29, 0.717) is 31.9 Å². The second kappa shape index (κ2) is 8.82. The van der Waals surface area contributed by atoms with Crippen molar-refractivity contribution in [1.29, 1.82) is 0 Å². The van der Waals surface area contributed by atoms with Crippen LogP contribution in [0.3, 0.4) is 0 Å². The highest BCUT2D eigenvalue weighted by Gasteiger charge is 2.29. The van der Waals surface area contributed by atoms with Gasteiger partial charge in [0.2, 0.25) is 5.91 Å². The molecule has 0 aromatic heterocycles. The van der Waals surface area contributed by atoms with E-state index in [2.05, 4.69) is 5.32 Å². The average molecular weight is 366 g/mol. The number of hydrogen-bond donors (Lipinski definition) is 1. The smallest absolute Gasteiger partial charge is 0.251 e. The number of morpholine rings is 1. The van der Waals surface area contributed by atoms with Crippen molar-refractivity contribution < 1.29 is 14.3 Å². The number of nitrogens with one attached hydrogen (secondary N) is 1. The summed E-state index contributed by atoms with van der Waals surface area (Å²) >= 11 is 0. The zero-order valence-corrected chi connectivity index (χ0v) is 15.9. The molecule has 27 heavy (non-hydrogen) atoms. The number of amides is 2. The van der Waals surface area contributed by atoms with Gasteiger partial charge in [-0.2, -0.15) is 0 Å². The molecule has 0 aliphatic carbocycles. The molecule has 1 fully saturated rings. The molecule has 0 radical (unpaired) electrons. The fourth-order valence-electron chi connectivity index (χ4n) is 3.19. The Labute approximate surface area is 160 Å². The molecular formula is C22H26N2O3. The van der Waals surface area contributed by atoms with Crippen LogP contribution in [-0.2, 0) is 9.53 Å². The second-order valence-corrected chi connectivity index (χ2v) is 7.08. The minimum Gasteiger partial charge on any atom is -0.378 e. The summed E-state index contributed by atoms with van der Waals surface area (Å²) in [4.78, 5) is 27.4. The SMILES string of the molecule is CC(C)[C@@H](NC(=O)c1cccc(-c2ccccc2)c1)C(=O)N1CCOCC1. The molecule has 0 spiro atoms. The van der Waals surface area contributed by atoms with Crippen molar-refractivity contribution in [1.82, 2.24) is 10.2 Å². The molecule has 2 amide bonds. The Bertz CT molecular complexity index is 783. The Morgan fingerprint density at radius 3 is 2.30 bits per heavy atom. The monoisotopic (exact) mass is 366 g/mol. The van der Waals surface area contributed by atoms with Crippen LogP contribution in [0.2, 0.25) is 0 Å². The summed E-state index contributed by atoms with van der Waals surface area (Å²) in [6.45, 7) is 6.13. The molecule has 1 heterocycles. The predicted molar refractivity (Wildman–Crippen MR) is 105 cm³/mol. The number of ether oxygens (including phenoxy) is 1. The summed E-state index contributed by atoms with van der Waals surface area (Å²) in [7, 11) is 0. The third-order valence-electron chi connectivity index (χ3n) is 4.77. The van der Waals surface area contributed by atoms with Crippen LogP contribution in [0.5, 0.6) is 0 Å². The molecule has 5 heteroatoms. The average Bonchev–Trinajstić information content (AvgIpc) is 2.72. The van der Waals surface area contributed by atoms with Crippen molar-refractivity contribution in [3.05, 3.63) is 60.2 Å². The van der Waals surface area contributed by atoms with Crippen LogP contribution in [0.4, 0.5) is 0 Å². The van der Waals surface area contributed by atoms with Gasteiger partial charge in [0.15, 0.2) is 0 Å². The van der Waals surface area contributed by atoms with Gasteiger partial charge in [-0.15, -0.1) is 0 Å². The molecular weight excluding hydrogens is 340 g/mol. The first-order valence-electron chi connectivity index (χ1n) is 9.39. The van der Waals surface area contributed by atoms with Crippen LogP contribution in [0.25, 0.3) is 11.1 Å².